The van der Waals surface area contributed by atoms with Gasteiger partial charge < -0.3 is 9.55 Å². The van der Waals surface area contributed by atoms with Gasteiger partial charge in [-0.15, -0.1) is 0 Å². The van der Waals surface area contributed by atoms with E-state index in [0.717, 1.165) is 0 Å². The third-order valence-electron chi connectivity index (χ3n) is 8.19. The Balaban J connectivity index is 1.32. The van der Waals surface area contributed by atoms with Crippen LogP contribution in [0.1, 0.15) is 0 Å². The first-order chi connectivity index (χ1) is 19.3. The SMILES string of the molecule is Cn1c2ccccc2c2cc(-c3ccccc3-c3ccccc3-c3ccc4[nH]c5ccccc5c4c3)ccc21. The number of fused-ring (bicyclic) bond motifs is 6. The molecule has 8 aromatic rings. The van der Waals surface area contributed by atoms with E-state index in [0.29, 0.717) is 0 Å². The molecule has 6 aromatic carbocycles. The Bertz CT molecular complexity index is 2190. The molecule has 0 saturated carbocycles. The van der Waals surface area contributed by atoms with Gasteiger partial charge in [0.1, 0.15) is 0 Å². The summed E-state index contributed by atoms with van der Waals surface area (Å²) in [6, 6.07) is 48.5. The van der Waals surface area contributed by atoms with E-state index in [1.807, 2.05) is 0 Å². The molecule has 2 heterocycles. The van der Waals surface area contributed by atoms with Crippen molar-refractivity contribution in [1.29, 1.82) is 0 Å². The highest BCUT2D eigenvalue weighted by molar-refractivity contribution is 6.10. The summed E-state index contributed by atoms with van der Waals surface area (Å²) in [7, 11) is 2.15. The minimum Gasteiger partial charge on any atom is -0.355 e. The average Bonchev–Trinajstić information content (AvgIpc) is 3.52. The number of aromatic nitrogens is 2. The molecule has 0 radical (unpaired) electrons. The normalized spacial score (nSPS) is 11.7. The summed E-state index contributed by atoms with van der Waals surface area (Å²) >= 11 is 0. The van der Waals surface area contributed by atoms with Crippen LogP contribution in [0.15, 0.2) is 133 Å². The van der Waals surface area contributed by atoms with Crippen molar-refractivity contribution < 1.29 is 0 Å². The van der Waals surface area contributed by atoms with E-state index in [1.54, 1.807) is 0 Å². The van der Waals surface area contributed by atoms with Crippen LogP contribution in [0.2, 0.25) is 0 Å². The van der Waals surface area contributed by atoms with Gasteiger partial charge in [-0.2, -0.15) is 0 Å². The molecule has 0 saturated heterocycles. The maximum atomic E-state index is 3.56. The van der Waals surface area contributed by atoms with E-state index in [2.05, 4.69) is 150 Å². The fourth-order valence-electron chi connectivity index (χ4n) is 6.29. The van der Waals surface area contributed by atoms with Gasteiger partial charge in [-0.3, -0.25) is 0 Å². The first-order valence-corrected chi connectivity index (χ1v) is 13.4. The van der Waals surface area contributed by atoms with Gasteiger partial charge in [0.05, 0.1) is 0 Å². The van der Waals surface area contributed by atoms with Gasteiger partial charge in [0.2, 0.25) is 0 Å². The molecule has 0 atom stereocenters. The lowest BCUT2D eigenvalue weighted by Gasteiger charge is -2.15. The zero-order valence-corrected chi connectivity index (χ0v) is 21.6. The molecule has 0 aliphatic rings. The van der Waals surface area contributed by atoms with E-state index in [9.17, 15) is 0 Å². The molecule has 2 nitrogen and oxygen atoms in total. The summed E-state index contributed by atoms with van der Waals surface area (Å²) in [5, 5.41) is 5.10. The maximum absolute atomic E-state index is 3.56. The highest BCUT2D eigenvalue weighted by Gasteiger charge is 2.15. The summed E-state index contributed by atoms with van der Waals surface area (Å²) in [6.45, 7) is 0. The molecule has 0 bridgehead atoms. The van der Waals surface area contributed by atoms with Crippen molar-refractivity contribution >= 4 is 43.6 Å². The van der Waals surface area contributed by atoms with Crippen LogP contribution in [0.25, 0.3) is 77.0 Å². The molecule has 2 heteroatoms. The smallest absolute Gasteiger partial charge is 0.0489 e. The number of para-hydroxylation sites is 2. The van der Waals surface area contributed by atoms with Crippen molar-refractivity contribution in [2.45, 2.75) is 0 Å². The number of hydrogen-bond donors (Lipinski definition) is 1. The van der Waals surface area contributed by atoms with Gasteiger partial charge >= 0.3 is 0 Å². The quantitative estimate of drug-likeness (QED) is 0.250. The van der Waals surface area contributed by atoms with Crippen molar-refractivity contribution in [3.05, 3.63) is 133 Å². The molecule has 0 unspecified atom stereocenters. The number of aryl methyl sites for hydroxylation is 1. The monoisotopic (exact) mass is 498 g/mol. The number of nitrogens with one attached hydrogen (secondary N) is 1. The zero-order valence-electron chi connectivity index (χ0n) is 21.6. The van der Waals surface area contributed by atoms with Crippen LogP contribution in [0.4, 0.5) is 0 Å². The van der Waals surface area contributed by atoms with Crippen molar-refractivity contribution in [1.82, 2.24) is 9.55 Å². The lowest BCUT2D eigenvalue weighted by Crippen LogP contribution is -1.90. The summed E-state index contributed by atoms with van der Waals surface area (Å²) in [5.41, 5.74) is 12.3. The van der Waals surface area contributed by atoms with Crippen LogP contribution in [0.3, 0.4) is 0 Å². The van der Waals surface area contributed by atoms with E-state index in [-0.39, 0.29) is 0 Å². The van der Waals surface area contributed by atoms with Crippen LogP contribution >= 0.6 is 0 Å². The second-order valence-electron chi connectivity index (χ2n) is 10.3. The molecule has 184 valence electrons. The number of H-pyrrole nitrogens is 1. The number of benzene rings is 6. The predicted molar refractivity (Wildman–Crippen MR) is 166 cm³/mol. The van der Waals surface area contributed by atoms with Crippen molar-refractivity contribution in [2.75, 3.05) is 0 Å². The molecule has 2 aromatic heterocycles. The van der Waals surface area contributed by atoms with Crippen LogP contribution in [-0.2, 0) is 7.05 Å². The Morgan fingerprint density at radius 3 is 1.67 bits per heavy atom. The minimum absolute atomic E-state index is 1.17. The van der Waals surface area contributed by atoms with E-state index in [1.165, 1.54) is 77.0 Å². The topological polar surface area (TPSA) is 20.7 Å². The van der Waals surface area contributed by atoms with Crippen molar-refractivity contribution in [3.63, 3.8) is 0 Å². The van der Waals surface area contributed by atoms with Gasteiger partial charge in [0.15, 0.2) is 0 Å². The highest BCUT2D eigenvalue weighted by Crippen LogP contribution is 2.41. The fourth-order valence-corrected chi connectivity index (χ4v) is 6.29. The number of aromatic amines is 1. The first-order valence-electron chi connectivity index (χ1n) is 13.4. The summed E-state index contributed by atoms with van der Waals surface area (Å²) in [6.07, 6.45) is 0. The average molecular weight is 499 g/mol. The molecule has 39 heavy (non-hydrogen) atoms. The Labute approximate surface area is 226 Å². The number of nitrogens with zero attached hydrogens (tertiary/aromatic N) is 1. The van der Waals surface area contributed by atoms with Crippen LogP contribution in [-0.4, -0.2) is 9.55 Å². The lowest BCUT2D eigenvalue weighted by atomic mass is 9.89. The second kappa shape index (κ2) is 8.47. The van der Waals surface area contributed by atoms with Crippen molar-refractivity contribution in [3.8, 4) is 33.4 Å². The zero-order chi connectivity index (χ0) is 25.9. The molecule has 0 aliphatic carbocycles. The highest BCUT2D eigenvalue weighted by atomic mass is 14.9. The van der Waals surface area contributed by atoms with Crippen molar-refractivity contribution in [2.24, 2.45) is 7.05 Å². The largest absolute Gasteiger partial charge is 0.355 e. The van der Waals surface area contributed by atoms with E-state index in [4.69, 9.17) is 0 Å². The molecule has 0 amide bonds. The standard InChI is InChI=1S/C37H26N2/c1-39-36-17-9-7-15-31(36)33-23-25(19-21-37(33)39)27-11-3-5-13-29(27)28-12-4-2-10-26(28)24-18-20-35-32(22-24)30-14-6-8-16-34(30)38-35/h2-23,38H,1H3. The third-order valence-corrected chi connectivity index (χ3v) is 8.19. The van der Waals surface area contributed by atoms with Gasteiger partial charge in [0.25, 0.3) is 0 Å². The summed E-state index contributed by atoms with van der Waals surface area (Å²) in [4.78, 5) is 3.56. The van der Waals surface area contributed by atoms with Gasteiger partial charge in [-0.1, -0.05) is 97.1 Å². The second-order valence-corrected chi connectivity index (χ2v) is 10.3. The number of rotatable bonds is 3. The van der Waals surface area contributed by atoms with Gasteiger partial charge in [-0.05, 0) is 69.8 Å². The molecular formula is C37H26N2. The molecular weight excluding hydrogens is 472 g/mol. The molecule has 8 rings (SSSR count). The minimum atomic E-state index is 1.17. The fraction of sp³-hybridized carbons (Fsp3) is 0.0270. The molecule has 0 spiro atoms. The summed E-state index contributed by atoms with van der Waals surface area (Å²) in [5.74, 6) is 0. The van der Waals surface area contributed by atoms with E-state index >= 15 is 0 Å². The van der Waals surface area contributed by atoms with Gasteiger partial charge in [-0.25, -0.2) is 0 Å². The first kappa shape index (κ1) is 22.0. The van der Waals surface area contributed by atoms with Crippen LogP contribution in [0.5, 0.6) is 0 Å². The van der Waals surface area contributed by atoms with Gasteiger partial charge in [0, 0.05) is 50.7 Å². The Morgan fingerprint density at radius 2 is 0.923 bits per heavy atom. The third kappa shape index (κ3) is 3.35. The Morgan fingerprint density at radius 1 is 0.410 bits per heavy atom. The lowest BCUT2D eigenvalue weighted by molar-refractivity contribution is 1.01. The number of hydrogen-bond acceptors (Lipinski definition) is 0. The van der Waals surface area contributed by atoms with Crippen LogP contribution < -0.4 is 0 Å². The summed E-state index contributed by atoms with van der Waals surface area (Å²) < 4.78 is 2.29. The molecule has 1 N–H and O–H groups in total. The van der Waals surface area contributed by atoms with Crippen LogP contribution in [0, 0.1) is 0 Å². The maximum Gasteiger partial charge on any atom is 0.0489 e. The molecule has 0 fully saturated rings. The Hall–Kier alpha value is -5.08. The predicted octanol–water partition coefficient (Wildman–Crippen LogP) is 9.97. The van der Waals surface area contributed by atoms with E-state index < -0.39 is 0 Å². The Kier molecular flexibility index (Phi) is 4.77. The molecule has 0 aliphatic heterocycles.